The van der Waals surface area contributed by atoms with E-state index in [9.17, 15) is 13.6 Å². The van der Waals surface area contributed by atoms with Crippen LogP contribution in [-0.4, -0.2) is 31.0 Å². The highest BCUT2D eigenvalue weighted by molar-refractivity contribution is 7.89. The summed E-state index contributed by atoms with van der Waals surface area (Å²) in [6.07, 6.45) is 1.44. The Labute approximate surface area is 121 Å². The monoisotopic (exact) mass is 298 g/mol. The van der Waals surface area contributed by atoms with Crippen molar-refractivity contribution < 1.29 is 13.2 Å². The number of rotatable bonds is 4. The minimum atomic E-state index is -3.54. The Balaban J connectivity index is 3.00. The van der Waals surface area contributed by atoms with Crippen LogP contribution in [0.5, 0.6) is 0 Å². The van der Waals surface area contributed by atoms with E-state index in [1.54, 1.807) is 46.8 Å². The van der Waals surface area contributed by atoms with E-state index in [1.807, 2.05) is 0 Å². The molecular weight excluding hydrogens is 276 g/mol. The molecule has 0 radical (unpaired) electrons. The molecule has 0 saturated heterocycles. The highest BCUT2D eigenvalue weighted by Crippen LogP contribution is 2.13. The van der Waals surface area contributed by atoms with Crippen LogP contribution in [0.3, 0.4) is 0 Å². The summed E-state index contributed by atoms with van der Waals surface area (Å²) in [5, 5.41) is 11.5. The molecule has 0 aromatic heterocycles. The zero-order valence-electron chi connectivity index (χ0n) is 12.5. The van der Waals surface area contributed by atoms with E-state index in [-0.39, 0.29) is 10.9 Å². The van der Waals surface area contributed by atoms with Crippen molar-refractivity contribution in [1.29, 1.82) is 0 Å². The minimum Gasteiger partial charge on any atom is -0.624 e. The van der Waals surface area contributed by atoms with Crippen LogP contribution in [0.4, 0.5) is 0 Å². The van der Waals surface area contributed by atoms with Gasteiger partial charge in [0.05, 0.1) is 4.90 Å². The van der Waals surface area contributed by atoms with Crippen LogP contribution in [0.1, 0.15) is 40.2 Å². The zero-order valence-corrected chi connectivity index (χ0v) is 13.4. The maximum atomic E-state index is 12.1. The van der Waals surface area contributed by atoms with Crippen LogP contribution >= 0.6 is 0 Å². The molecule has 6 heteroatoms. The first-order chi connectivity index (χ1) is 9.01. The van der Waals surface area contributed by atoms with Crippen molar-refractivity contribution in [1.82, 2.24) is 4.72 Å². The van der Waals surface area contributed by atoms with Gasteiger partial charge in [0.15, 0.2) is 12.3 Å². The molecular formula is C14H22N2O3S. The average molecular weight is 298 g/mol. The smallest absolute Gasteiger partial charge is 0.241 e. The Morgan fingerprint density at radius 1 is 1.20 bits per heavy atom. The van der Waals surface area contributed by atoms with E-state index < -0.39 is 15.6 Å². The Bertz CT molecular complexity index is 582. The Morgan fingerprint density at radius 3 is 2.10 bits per heavy atom. The molecule has 0 fully saturated rings. The normalized spacial score (nSPS) is 13.8. The van der Waals surface area contributed by atoms with E-state index in [0.717, 1.165) is 4.74 Å². The molecule has 0 aliphatic heterocycles. The Kier molecular flexibility index (Phi) is 4.94. The highest BCUT2D eigenvalue weighted by atomic mass is 32.2. The van der Waals surface area contributed by atoms with Gasteiger partial charge < -0.3 is 5.21 Å². The molecule has 112 valence electrons. The van der Waals surface area contributed by atoms with Crippen LogP contribution in [0.25, 0.3) is 0 Å². The lowest BCUT2D eigenvalue weighted by Crippen LogP contribution is -2.40. The molecule has 0 saturated carbocycles. The van der Waals surface area contributed by atoms with E-state index in [0.29, 0.717) is 5.56 Å². The SMILES string of the molecule is CC(C)/[N+]([O-])=C/c1ccc(S(=O)(=O)NC(C)(C)C)cc1. The summed E-state index contributed by atoms with van der Waals surface area (Å²) >= 11 is 0. The van der Waals surface area contributed by atoms with Gasteiger partial charge in [-0.2, -0.15) is 0 Å². The van der Waals surface area contributed by atoms with Crippen molar-refractivity contribution in [3.8, 4) is 0 Å². The number of hydrogen-bond acceptors (Lipinski definition) is 3. The molecule has 0 bridgehead atoms. The zero-order chi connectivity index (χ0) is 15.6. The number of hydrogen-bond donors (Lipinski definition) is 1. The third-order valence-electron chi connectivity index (χ3n) is 2.42. The lowest BCUT2D eigenvalue weighted by Gasteiger charge is -2.20. The fraction of sp³-hybridized carbons (Fsp3) is 0.500. The number of hydroxylamine groups is 1. The summed E-state index contributed by atoms with van der Waals surface area (Å²) < 4.78 is 27.6. The van der Waals surface area contributed by atoms with E-state index in [1.165, 1.54) is 18.3 Å². The predicted molar refractivity (Wildman–Crippen MR) is 80.4 cm³/mol. The maximum Gasteiger partial charge on any atom is 0.241 e. The number of nitrogens with zero attached hydrogens (tertiary/aromatic N) is 1. The fourth-order valence-corrected chi connectivity index (χ4v) is 2.91. The van der Waals surface area contributed by atoms with Crippen molar-refractivity contribution in [3.05, 3.63) is 35.0 Å². The molecule has 0 aliphatic carbocycles. The molecule has 1 aromatic rings. The molecule has 1 aromatic carbocycles. The Hall–Kier alpha value is -1.40. The molecule has 0 aliphatic rings. The fourth-order valence-electron chi connectivity index (χ4n) is 1.49. The van der Waals surface area contributed by atoms with Gasteiger partial charge in [-0.1, -0.05) is 0 Å². The first-order valence-electron chi connectivity index (χ1n) is 6.46. The lowest BCUT2D eigenvalue weighted by atomic mass is 10.1. The summed E-state index contributed by atoms with van der Waals surface area (Å²) in [6.45, 7) is 8.92. The van der Waals surface area contributed by atoms with E-state index in [4.69, 9.17) is 0 Å². The van der Waals surface area contributed by atoms with Gasteiger partial charge in [-0.25, -0.2) is 17.9 Å². The van der Waals surface area contributed by atoms with Crippen molar-refractivity contribution >= 4 is 16.2 Å². The minimum absolute atomic E-state index is 0.152. The van der Waals surface area contributed by atoms with Crippen LogP contribution in [0, 0.1) is 5.21 Å². The van der Waals surface area contributed by atoms with Crippen LogP contribution in [-0.2, 0) is 10.0 Å². The average Bonchev–Trinajstić information content (AvgIpc) is 2.26. The molecule has 1 rings (SSSR count). The second-order valence-corrected chi connectivity index (χ2v) is 7.69. The van der Waals surface area contributed by atoms with Crippen molar-refractivity contribution in [2.24, 2.45) is 0 Å². The van der Waals surface area contributed by atoms with Crippen molar-refractivity contribution in [2.45, 2.75) is 51.1 Å². The second kappa shape index (κ2) is 5.93. The molecule has 20 heavy (non-hydrogen) atoms. The summed E-state index contributed by atoms with van der Waals surface area (Å²) in [5.41, 5.74) is 0.135. The van der Waals surface area contributed by atoms with Gasteiger partial charge >= 0.3 is 0 Å². The van der Waals surface area contributed by atoms with E-state index >= 15 is 0 Å². The second-order valence-electron chi connectivity index (χ2n) is 6.01. The van der Waals surface area contributed by atoms with E-state index in [2.05, 4.69) is 4.72 Å². The quantitative estimate of drug-likeness (QED) is 0.400. The van der Waals surface area contributed by atoms with Crippen LogP contribution in [0.2, 0.25) is 0 Å². The van der Waals surface area contributed by atoms with Gasteiger partial charge in [0.25, 0.3) is 0 Å². The highest BCUT2D eigenvalue weighted by Gasteiger charge is 2.21. The summed E-state index contributed by atoms with van der Waals surface area (Å²) in [6, 6.07) is 6.07. The summed E-state index contributed by atoms with van der Waals surface area (Å²) in [7, 11) is -3.54. The third-order valence-corrected chi connectivity index (χ3v) is 4.19. The molecule has 0 amide bonds. The number of sulfonamides is 1. The number of nitrogens with one attached hydrogen (secondary N) is 1. The molecule has 5 nitrogen and oxygen atoms in total. The summed E-state index contributed by atoms with van der Waals surface area (Å²) in [5.74, 6) is 0. The van der Waals surface area contributed by atoms with Gasteiger partial charge in [0.1, 0.15) is 0 Å². The molecule has 0 heterocycles. The summed E-state index contributed by atoms with van der Waals surface area (Å²) in [4.78, 5) is 0.187. The van der Waals surface area contributed by atoms with Gasteiger partial charge in [-0.05, 0) is 58.9 Å². The topological polar surface area (TPSA) is 72.2 Å². The molecule has 1 N–H and O–H groups in total. The first kappa shape index (κ1) is 16.7. The predicted octanol–water partition coefficient (Wildman–Crippen LogP) is 2.10. The number of benzene rings is 1. The molecule has 0 spiro atoms. The van der Waals surface area contributed by atoms with Crippen molar-refractivity contribution in [3.63, 3.8) is 0 Å². The van der Waals surface area contributed by atoms with Gasteiger partial charge in [0, 0.05) is 11.1 Å². The van der Waals surface area contributed by atoms with Gasteiger partial charge in [0.2, 0.25) is 10.0 Å². The van der Waals surface area contributed by atoms with Gasteiger partial charge in [-0.3, -0.25) is 0 Å². The molecule has 0 atom stereocenters. The Morgan fingerprint density at radius 2 is 1.70 bits per heavy atom. The maximum absolute atomic E-state index is 12.1. The van der Waals surface area contributed by atoms with Crippen LogP contribution in [0.15, 0.2) is 29.2 Å². The standard InChI is InChI=1S/C14H22N2O3S/c1-11(2)16(17)10-12-6-8-13(9-7-12)20(18,19)15-14(3,4)5/h6-11,15H,1-5H3/b16-10-. The molecule has 0 unspecified atom stereocenters. The van der Waals surface area contributed by atoms with Gasteiger partial charge in [-0.15, -0.1) is 0 Å². The largest absolute Gasteiger partial charge is 0.624 e. The third kappa shape index (κ3) is 4.94. The van der Waals surface area contributed by atoms with Crippen molar-refractivity contribution in [2.75, 3.05) is 0 Å². The first-order valence-corrected chi connectivity index (χ1v) is 7.94. The lowest BCUT2D eigenvalue weighted by molar-refractivity contribution is -0.487. The van der Waals surface area contributed by atoms with Crippen LogP contribution < -0.4 is 4.72 Å².